The number of rotatable bonds is 11. The van der Waals surface area contributed by atoms with Crippen molar-refractivity contribution in [1.82, 2.24) is 14.8 Å². The Hall–Kier alpha value is -4.34. The van der Waals surface area contributed by atoms with Crippen LogP contribution in [0.2, 0.25) is 0 Å². The van der Waals surface area contributed by atoms with Gasteiger partial charge in [-0.05, 0) is 106 Å². The number of nitrogens with zero attached hydrogens (tertiary/aromatic N) is 2. The van der Waals surface area contributed by atoms with Crippen LogP contribution in [0.25, 0.3) is 11.1 Å². The molecule has 1 saturated carbocycles. The van der Waals surface area contributed by atoms with Gasteiger partial charge in [0.05, 0.1) is 12.2 Å². The van der Waals surface area contributed by atoms with Gasteiger partial charge in [-0.25, -0.2) is 4.39 Å². The molecule has 1 aromatic heterocycles. The van der Waals surface area contributed by atoms with Crippen molar-refractivity contribution < 1.29 is 9.18 Å². The first-order valence-electron chi connectivity index (χ1n) is 17.5. The molecule has 7 rings (SSSR count). The van der Waals surface area contributed by atoms with E-state index in [1.54, 1.807) is 11.6 Å². The molecule has 3 unspecified atom stereocenters. The van der Waals surface area contributed by atoms with Crippen molar-refractivity contribution in [3.05, 3.63) is 136 Å². The van der Waals surface area contributed by atoms with Crippen molar-refractivity contribution in [2.24, 2.45) is 5.92 Å². The standard InChI is InChI=1S/C42H46FN3O/c1-5-9-10-12-33(7-3)44-38(8-4)40(34-19-22-45-21-11-13-39(34)45)46-27-36-35(41(46)47)24-30(25-37(36)43)29-14-16-31(17-15-29)42-20-18-32(42)23-28(6-2)26-42/h5,7,9,14-17,19,22-25,28,40,44H,4,6,10-13,18,20-21,26-27H2,1-3H3/b9-5-,33-7-. The number of amides is 1. The highest BCUT2D eigenvalue weighted by Gasteiger charge is 2.48. The van der Waals surface area contributed by atoms with Gasteiger partial charge in [-0.1, -0.05) is 67.6 Å². The summed E-state index contributed by atoms with van der Waals surface area (Å²) in [6.45, 7) is 11.5. The molecule has 1 fully saturated rings. The molecule has 0 radical (unpaired) electrons. The van der Waals surface area contributed by atoms with Crippen molar-refractivity contribution in [2.75, 3.05) is 0 Å². The summed E-state index contributed by atoms with van der Waals surface area (Å²) >= 11 is 0. The Labute approximate surface area is 279 Å². The van der Waals surface area contributed by atoms with Crippen molar-refractivity contribution in [3.8, 4) is 11.1 Å². The summed E-state index contributed by atoms with van der Waals surface area (Å²) in [7, 11) is 0. The molecule has 4 nitrogen and oxygen atoms in total. The Morgan fingerprint density at radius 2 is 2.00 bits per heavy atom. The molecule has 3 heterocycles. The number of hydrogen-bond donors (Lipinski definition) is 1. The van der Waals surface area contributed by atoms with E-state index in [2.05, 4.69) is 90.0 Å². The lowest BCUT2D eigenvalue weighted by Gasteiger charge is -2.42. The first-order valence-corrected chi connectivity index (χ1v) is 17.5. The number of carbonyl (C=O) groups is 1. The van der Waals surface area contributed by atoms with Crippen LogP contribution in [0.5, 0.6) is 0 Å². The smallest absolute Gasteiger partial charge is 0.255 e. The minimum atomic E-state index is -0.456. The number of aryl methyl sites for hydroxylation is 1. The number of allylic oxidation sites excluding steroid dienone is 6. The zero-order chi connectivity index (χ0) is 32.7. The monoisotopic (exact) mass is 627 g/mol. The van der Waals surface area contributed by atoms with Gasteiger partial charge in [0.25, 0.3) is 5.91 Å². The third-order valence-electron chi connectivity index (χ3n) is 11.3. The maximum atomic E-state index is 16.0. The average Bonchev–Trinajstić information content (AvgIpc) is 3.84. The number of aromatic nitrogens is 1. The number of hydrogen-bond acceptors (Lipinski definition) is 2. The SMILES string of the molecule is C=C=C(N/C(=C\C)CC/C=C\C)C(c1ccn2c1CCC2)N1Cc2c(F)cc(-c3ccc(C45CCC4=CC(CC)C5)cc3)cc2C1=O. The molecule has 0 saturated heterocycles. The molecule has 1 amide bonds. The molecule has 2 aliphatic heterocycles. The van der Waals surface area contributed by atoms with Crippen LogP contribution in [-0.4, -0.2) is 15.4 Å². The van der Waals surface area contributed by atoms with E-state index in [4.69, 9.17) is 0 Å². The number of benzene rings is 2. The molecular formula is C42H46FN3O. The summed E-state index contributed by atoms with van der Waals surface area (Å²) in [5.41, 5.74) is 12.9. The summed E-state index contributed by atoms with van der Waals surface area (Å²) in [5, 5.41) is 3.58. The van der Waals surface area contributed by atoms with Crippen LogP contribution < -0.4 is 5.32 Å². The molecule has 5 heteroatoms. The van der Waals surface area contributed by atoms with E-state index in [1.165, 1.54) is 36.9 Å². The third kappa shape index (κ3) is 5.35. The highest BCUT2D eigenvalue weighted by atomic mass is 19.1. The van der Waals surface area contributed by atoms with Gasteiger partial charge >= 0.3 is 0 Å². The minimum Gasteiger partial charge on any atom is -0.354 e. The number of carbonyl (C=O) groups excluding carboxylic acids is 1. The van der Waals surface area contributed by atoms with Gasteiger partial charge in [0, 0.05) is 46.2 Å². The zero-order valence-corrected chi connectivity index (χ0v) is 28.0. The molecule has 3 atom stereocenters. The summed E-state index contributed by atoms with van der Waals surface area (Å²) < 4.78 is 18.3. The van der Waals surface area contributed by atoms with Crippen molar-refractivity contribution in [1.29, 1.82) is 0 Å². The first kappa shape index (κ1) is 31.3. The summed E-state index contributed by atoms with van der Waals surface area (Å²) in [6.07, 6.45) is 19.4. The predicted octanol–water partition coefficient (Wildman–Crippen LogP) is 9.84. The van der Waals surface area contributed by atoms with Crippen LogP contribution in [0.1, 0.15) is 105 Å². The maximum absolute atomic E-state index is 16.0. The number of halogens is 1. The van der Waals surface area contributed by atoms with Crippen LogP contribution in [0.15, 0.2) is 102 Å². The third-order valence-corrected chi connectivity index (χ3v) is 11.3. The van der Waals surface area contributed by atoms with E-state index < -0.39 is 6.04 Å². The molecule has 2 aromatic carbocycles. The number of fused-ring (bicyclic) bond motifs is 3. The fourth-order valence-electron chi connectivity index (χ4n) is 8.52. The lowest BCUT2D eigenvalue weighted by molar-refractivity contribution is 0.0723. The summed E-state index contributed by atoms with van der Waals surface area (Å²) in [6, 6.07) is 13.8. The van der Waals surface area contributed by atoms with E-state index in [1.807, 2.05) is 24.8 Å². The van der Waals surface area contributed by atoms with Gasteiger partial charge in [0.15, 0.2) is 0 Å². The second kappa shape index (κ2) is 12.7. The van der Waals surface area contributed by atoms with Gasteiger partial charge in [-0.3, -0.25) is 4.79 Å². The first-order chi connectivity index (χ1) is 22.9. The largest absolute Gasteiger partial charge is 0.354 e. The summed E-state index contributed by atoms with van der Waals surface area (Å²) in [4.78, 5) is 16.2. The molecule has 2 aliphatic carbocycles. The normalized spacial score (nSPS) is 22.1. The van der Waals surface area contributed by atoms with E-state index in [-0.39, 0.29) is 23.7 Å². The highest BCUT2D eigenvalue weighted by Crippen LogP contribution is 2.57. The summed E-state index contributed by atoms with van der Waals surface area (Å²) in [5.74, 6) is 0.170. The maximum Gasteiger partial charge on any atom is 0.255 e. The molecule has 3 aromatic rings. The van der Waals surface area contributed by atoms with Crippen LogP contribution in [0.3, 0.4) is 0 Å². The number of nitrogens with one attached hydrogen (secondary N) is 1. The minimum absolute atomic E-state index is 0.162. The second-order valence-corrected chi connectivity index (χ2v) is 13.7. The fourth-order valence-corrected chi connectivity index (χ4v) is 8.52. The highest BCUT2D eigenvalue weighted by molar-refractivity contribution is 6.00. The van der Waals surface area contributed by atoms with Gasteiger partial charge in [-0.2, -0.15) is 0 Å². The van der Waals surface area contributed by atoms with Crippen LogP contribution in [-0.2, 0) is 24.9 Å². The van der Waals surface area contributed by atoms with E-state index >= 15 is 4.39 Å². The Morgan fingerprint density at radius 1 is 1.17 bits per heavy atom. The van der Waals surface area contributed by atoms with E-state index in [9.17, 15) is 4.79 Å². The molecule has 0 bridgehead atoms. The molecule has 0 spiro atoms. The molecule has 4 aliphatic rings. The van der Waals surface area contributed by atoms with Crippen LogP contribution in [0, 0.1) is 11.7 Å². The fraction of sp³-hybridized carbons (Fsp3) is 0.381. The van der Waals surface area contributed by atoms with Gasteiger partial charge < -0.3 is 14.8 Å². The van der Waals surface area contributed by atoms with Crippen molar-refractivity contribution in [3.63, 3.8) is 0 Å². The molecule has 1 N–H and O–H groups in total. The Bertz CT molecular complexity index is 1850. The van der Waals surface area contributed by atoms with Crippen molar-refractivity contribution >= 4 is 5.91 Å². The molecule has 242 valence electrons. The quantitative estimate of drug-likeness (QED) is 0.170. The lowest BCUT2D eigenvalue weighted by Crippen LogP contribution is -2.34. The Balaban J connectivity index is 1.20. The van der Waals surface area contributed by atoms with Gasteiger partial charge in [0.2, 0.25) is 0 Å². The Morgan fingerprint density at radius 3 is 2.70 bits per heavy atom. The van der Waals surface area contributed by atoms with Gasteiger partial charge in [-0.15, -0.1) is 5.73 Å². The Kier molecular flexibility index (Phi) is 8.45. The van der Waals surface area contributed by atoms with Crippen LogP contribution in [0.4, 0.5) is 4.39 Å². The van der Waals surface area contributed by atoms with Crippen LogP contribution >= 0.6 is 0 Å². The van der Waals surface area contributed by atoms with E-state index in [0.29, 0.717) is 17.0 Å². The van der Waals surface area contributed by atoms with Crippen molar-refractivity contribution in [2.45, 2.75) is 96.7 Å². The second-order valence-electron chi connectivity index (χ2n) is 13.7. The van der Waals surface area contributed by atoms with Gasteiger partial charge in [0.1, 0.15) is 11.9 Å². The molecule has 47 heavy (non-hydrogen) atoms. The molecular weight excluding hydrogens is 581 g/mol. The average molecular weight is 628 g/mol. The predicted molar refractivity (Wildman–Crippen MR) is 188 cm³/mol. The topological polar surface area (TPSA) is 37.3 Å². The zero-order valence-electron chi connectivity index (χ0n) is 28.0. The van der Waals surface area contributed by atoms with E-state index in [0.717, 1.165) is 60.3 Å². The lowest BCUT2D eigenvalue weighted by atomic mass is 9.61.